The number of methoxy groups -OCH3 is 1. The number of nitrogens with one attached hydrogen (secondary N) is 2. The maximum absolute atomic E-state index is 12.6. The van der Waals surface area contributed by atoms with Crippen LogP contribution in [0.5, 0.6) is 0 Å². The number of hydrogen-bond donors (Lipinski definition) is 2. The Morgan fingerprint density at radius 1 is 1.13 bits per heavy atom. The molecule has 31 heavy (non-hydrogen) atoms. The van der Waals surface area contributed by atoms with Gasteiger partial charge in [0.05, 0.1) is 25.8 Å². The van der Waals surface area contributed by atoms with Gasteiger partial charge < -0.3 is 15.4 Å². The quantitative estimate of drug-likeness (QED) is 0.640. The van der Waals surface area contributed by atoms with Gasteiger partial charge in [0.2, 0.25) is 11.8 Å². The minimum Gasteiger partial charge on any atom is -0.465 e. The molecule has 1 aromatic heterocycles. The van der Waals surface area contributed by atoms with Gasteiger partial charge in [-0.15, -0.1) is 11.3 Å². The first kappa shape index (κ1) is 23.0. The van der Waals surface area contributed by atoms with E-state index in [4.69, 9.17) is 4.74 Å². The van der Waals surface area contributed by atoms with Crippen LogP contribution in [0.2, 0.25) is 0 Å². The number of esters is 1. The average Bonchev–Trinajstić information content (AvgIpc) is 3.05. The van der Waals surface area contributed by atoms with Crippen molar-refractivity contribution in [3.05, 3.63) is 45.8 Å². The zero-order chi connectivity index (χ0) is 22.5. The number of carbonyl (C=O) groups excluding carboxylic acids is 3. The summed E-state index contributed by atoms with van der Waals surface area (Å²) < 4.78 is 4.96. The lowest BCUT2D eigenvalue weighted by Gasteiger charge is -2.18. The van der Waals surface area contributed by atoms with E-state index >= 15 is 0 Å². The van der Waals surface area contributed by atoms with Crippen molar-refractivity contribution in [2.75, 3.05) is 37.9 Å². The zero-order valence-electron chi connectivity index (χ0n) is 18.4. The van der Waals surface area contributed by atoms with Crippen LogP contribution < -0.4 is 10.6 Å². The lowest BCUT2D eigenvalue weighted by Crippen LogP contribution is -2.36. The normalized spacial score (nSPS) is 15.3. The summed E-state index contributed by atoms with van der Waals surface area (Å²) in [5, 5.41) is 6.22. The number of aryl methyl sites for hydroxylation is 1. The van der Waals surface area contributed by atoms with Crippen LogP contribution in [0, 0.1) is 12.8 Å². The summed E-state index contributed by atoms with van der Waals surface area (Å²) in [6.45, 7) is 4.27. The summed E-state index contributed by atoms with van der Waals surface area (Å²) in [5.41, 5.74) is 3.30. The van der Waals surface area contributed by atoms with Gasteiger partial charge in [0.1, 0.15) is 5.00 Å². The lowest BCUT2D eigenvalue weighted by molar-refractivity contribution is -0.119. The smallest absolute Gasteiger partial charge is 0.341 e. The molecule has 1 heterocycles. The molecule has 0 spiro atoms. The van der Waals surface area contributed by atoms with E-state index < -0.39 is 5.97 Å². The van der Waals surface area contributed by atoms with E-state index in [2.05, 4.69) is 17.6 Å². The predicted molar refractivity (Wildman–Crippen MR) is 123 cm³/mol. The third-order valence-corrected chi connectivity index (χ3v) is 6.49. The zero-order valence-corrected chi connectivity index (χ0v) is 19.2. The van der Waals surface area contributed by atoms with E-state index in [1.165, 1.54) is 18.4 Å². The van der Waals surface area contributed by atoms with Gasteiger partial charge in [0.25, 0.3) is 0 Å². The largest absolute Gasteiger partial charge is 0.465 e. The number of anilines is 2. The van der Waals surface area contributed by atoms with Gasteiger partial charge in [0.15, 0.2) is 0 Å². The van der Waals surface area contributed by atoms with Gasteiger partial charge in [-0.05, 0) is 56.8 Å². The third-order valence-electron chi connectivity index (χ3n) is 5.32. The van der Waals surface area contributed by atoms with Crippen molar-refractivity contribution >= 4 is 39.8 Å². The molecule has 3 rings (SSSR count). The minimum absolute atomic E-state index is 0.0287. The van der Waals surface area contributed by atoms with Crippen LogP contribution in [-0.4, -0.2) is 49.9 Å². The summed E-state index contributed by atoms with van der Waals surface area (Å²) in [5.74, 6) is -0.344. The standard InChI is InChI=1S/C23H29N3O4S/c1-14-5-8-16(9-6-14)24-19(27)12-26(3)13-20(28)25-22-21(23(29)30-4)17-10-7-15(2)11-18(17)31-22/h5-6,8-9,15H,7,10-13H2,1-4H3,(H,24,27)(H,25,28)/t15-/m0/s1. The number of thiophene rings is 1. The molecule has 0 aliphatic heterocycles. The molecular formula is C23H29N3O4S. The second-order valence-electron chi connectivity index (χ2n) is 8.18. The Bertz CT molecular complexity index is 968. The molecule has 1 aromatic carbocycles. The van der Waals surface area contributed by atoms with Crippen molar-refractivity contribution in [3.63, 3.8) is 0 Å². The first-order valence-electron chi connectivity index (χ1n) is 10.3. The number of nitrogens with zero attached hydrogens (tertiary/aromatic N) is 1. The van der Waals surface area contributed by atoms with Crippen LogP contribution in [0.4, 0.5) is 10.7 Å². The molecule has 0 saturated carbocycles. The third kappa shape index (κ3) is 5.92. The molecular weight excluding hydrogens is 414 g/mol. The first-order valence-corrected chi connectivity index (χ1v) is 11.2. The van der Waals surface area contributed by atoms with E-state index in [9.17, 15) is 14.4 Å². The summed E-state index contributed by atoms with van der Waals surface area (Å²) in [6, 6.07) is 7.53. The fraction of sp³-hybridized carbons (Fsp3) is 0.435. The van der Waals surface area contributed by atoms with Crippen molar-refractivity contribution in [2.24, 2.45) is 5.92 Å². The number of ether oxygens (including phenoxy) is 1. The Kier molecular flexibility index (Phi) is 7.46. The second-order valence-corrected chi connectivity index (χ2v) is 9.29. The number of fused-ring (bicyclic) bond motifs is 1. The molecule has 1 aliphatic rings. The fourth-order valence-corrected chi connectivity index (χ4v) is 5.12. The molecule has 1 atom stereocenters. The van der Waals surface area contributed by atoms with Crippen molar-refractivity contribution in [3.8, 4) is 0 Å². The van der Waals surface area contributed by atoms with Crippen molar-refractivity contribution in [2.45, 2.75) is 33.1 Å². The van der Waals surface area contributed by atoms with Gasteiger partial charge in [-0.3, -0.25) is 14.5 Å². The highest BCUT2D eigenvalue weighted by Gasteiger charge is 2.29. The minimum atomic E-state index is -0.423. The van der Waals surface area contributed by atoms with Gasteiger partial charge in [-0.1, -0.05) is 24.6 Å². The van der Waals surface area contributed by atoms with Crippen LogP contribution in [-0.2, 0) is 27.2 Å². The van der Waals surface area contributed by atoms with Crippen LogP contribution in [0.25, 0.3) is 0 Å². The fourth-order valence-electron chi connectivity index (χ4n) is 3.71. The second kappa shape index (κ2) is 10.1. The molecule has 2 amide bonds. The van der Waals surface area contributed by atoms with Gasteiger partial charge in [-0.25, -0.2) is 4.79 Å². The van der Waals surface area contributed by atoms with Gasteiger partial charge in [0, 0.05) is 10.6 Å². The van der Waals surface area contributed by atoms with Crippen molar-refractivity contribution in [1.82, 2.24) is 4.90 Å². The Labute approximate surface area is 186 Å². The Balaban J connectivity index is 1.60. The number of hydrogen-bond acceptors (Lipinski definition) is 6. The molecule has 2 N–H and O–H groups in total. The van der Waals surface area contributed by atoms with E-state index in [1.807, 2.05) is 31.2 Å². The van der Waals surface area contributed by atoms with Crippen LogP contribution in [0.15, 0.2) is 24.3 Å². The van der Waals surface area contributed by atoms with Crippen molar-refractivity contribution < 1.29 is 19.1 Å². The molecule has 0 radical (unpaired) electrons. The molecule has 0 saturated heterocycles. The summed E-state index contributed by atoms with van der Waals surface area (Å²) in [4.78, 5) is 40.0. The molecule has 0 bridgehead atoms. The number of carbonyl (C=O) groups is 3. The number of likely N-dealkylation sites (N-methyl/N-ethyl adjacent to an activating group) is 1. The summed E-state index contributed by atoms with van der Waals surface area (Å²) in [6.07, 6.45) is 2.73. The highest BCUT2D eigenvalue weighted by Crippen LogP contribution is 2.40. The van der Waals surface area contributed by atoms with Crippen LogP contribution in [0.1, 0.15) is 39.7 Å². The van der Waals surface area contributed by atoms with Gasteiger partial charge in [-0.2, -0.15) is 0 Å². The molecule has 1 aliphatic carbocycles. The Morgan fingerprint density at radius 3 is 2.42 bits per heavy atom. The number of amides is 2. The van der Waals surface area contributed by atoms with Crippen molar-refractivity contribution in [1.29, 1.82) is 0 Å². The van der Waals surface area contributed by atoms with E-state index in [0.717, 1.165) is 41.0 Å². The molecule has 7 nitrogen and oxygen atoms in total. The molecule has 0 unspecified atom stereocenters. The molecule has 2 aromatic rings. The first-order chi connectivity index (χ1) is 14.8. The predicted octanol–water partition coefficient (Wildman–Crippen LogP) is 3.48. The highest BCUT2D eigenvalue weighted by atomic mass is 32.1. The average molecular weight is 444 g/mol. The SMILES string of the molecule is COC(=O)c1c(NC(=O)CN(C)CC(=O)Nc2ccc(C)cc2)sc2c1CC[C@H](C)C2. The highest BCUT2D eigenvalue weighted by molar-refractivity contribution is 7.17. The number of benzene rings is 1. The maximum Gasteiger partial charge on any atom is 0.341 e. The maximum atomic E-state index is 12.6. The number of rotatable bonds is 7. The van der Waals surface area contributed by atoms with Gasteiger partial charge >= 0.3 is 5.97 Å². The Hall–Kier alpha value is -2.71. The van der Waals surface area contributed by atoms with Crippen LogP contribution in [0.3, 0.4) is 0 Å². The van der Waals surface area contributed by atoms with E-state index in [1.54, 1.807) is 11.9 Å². The van der Waals surface area contributed by atoms with E-state index in [-0.39, 0.29) is 24.9 Å². The summed E-state index contributed by atoms with van der Waals surface area (Å²) in [7, 11) is 3.06. The summed E-state index contributed by atoms with van der Waals surface area (Å²) >= 11 is 1.45. The molecule has 0 fully saturated rings. The Morgan fingerprint density at radius 2 is 1.77 bits per heavy atom. The topological polar surface area (TPSA) is 87.7 Å². The molecule has 166 valence electrons. The van der Waals surface area contributed by atoms with Crippen LogP contribution >= 0.6 is 11.3 Å². The van der Waals surface area contributed by atoms with E-state index in [0.29, 0.717) is 16.5 Å². The lowest BCUT2D eigenvalue weighted by atomic mass is 9.88. The monoisotopic (exact) mass is 443 g/mol. The molecule has 8 heteroatoms.